The van der Waals surface area contributed by atoms with E-state index in [0.717, 1.165) is 17.5 Å². The maximum Gasteiger partial charge on any atom is 0.331 e. The fourth-order valence-corrected chi connectivity index (χ4v) is 1.82. The fraction of sp³-hybridized carbons (Fsp3) is 0.375. The van der Waals surface area contributed by atoms with Gasteiger partial charge in [0.15, 0.2) is 0 Å². The second-order valence-corrected chi connectivity index (χ2v) is 4.90. The summed E-state index contributed by atoms with van der Waals surface area (Å²) in [7, 11) is 0. The van der Waals surface area contributed by atoms with Gasteiger partial charge in [-0.25, -0.2) is 4.79 Å². The van der Waals surface area contributed by atoms with Gasteiger partial charge in [0.05, 0.1) is 6.04 Å². The molecule has 0 heterocycles. The third kappa shape index (κ3) is 3.95. The lowest BCUT2D eigenvalue weighted by Gasteiger charge is -2.18. The molecular formula is C16H21NO3. The summed E-state index contributed by atoms with van der Waals surface area (Å²) < 4.78 is 0. The number of carboxylic acids is 1. The zero-order chi connectivity index (χ0) is 15.3. The summed E-state index contributed by atoms with van der Waals surface area (Å²) in [6.45, 7) is 6.95. The van der Waals surface area contributed by atoms with Gasteiger partial charge < -0.3 is 10.4 Å². The Bertz CT molecular complexity index is 529. The van der Waals surface area contributed by atoms with Crippen molar-refractivity contribution in [2.75, 3.05) is 0 Å². The minimum absolute atomic E-state index is 0.0706. The summed E-state index contributed by atoms with van der Waals surface area (Å²) in [4.78, 5) is 22.9. The Labute approximate surface area is 119 Å². The molecule has 0 spiro atoms. The third-order valence-electron chi connectivity index (χ3n) is 3.42. The van der Waals surface area contributed by atoms with Crippen LogP contribution in [0, 0.1) is 6.92 Å². The van der Waals surface area contributed by atoms with Crippen LogP contribution in [0.3, 0.4) is 0 Å². The zero-order valence-electron chi connectivity index (χ0n) is 12.4. The molecule has 1 unspecified atom stereocenters. The summed E-state index contributed by atoms with van der Waals surface area (Å²) in [5.74, 6) is -1.40. The average Bonchev–Trinajstić information content (AvgIpc) is 2.43. The molecule has 0 aromatic heterocycles. The van der Waals surface area contributed by atoms with E-state index in [1.807, 2.05) is 38.1 Å². The summed E-state index contributed by atoms with van der Waals surface area (Å²) in [5.41, 5.74) is 2.49. The molecule has 0 saturated carbocycles. The van der Waals surface area contributed by atoms with Crippen LogP contribution in [-0.2, 0) is 9.59 Å². The van der Waals surface area contributed by atoms with E-state index >= 15 is 0 Å². The number of rotatable bonds is 5. The first-order valence-electron chi connectivity index (χ1n) is 6.65. The topological polar surface area (TPSA) is 66.4 Å². The Kier molecular flexibility index (Phi) is 5.50. The highest BCUT2D eigenvalue weighted by Gasteiger charge is 2.17. The van der Waals surface area contributed by atoms with Gasteiger partial charge in [-0.15, -0.1) is 0 Å². The predicted octanol–water partition coefficient (Wildman–Crippen LogP) is 2.98. The van der Waals surface area contributed by atoms with E-state index in [2.05, 4.69) is 5.32 Å². The number of amides is 1. The Morgan fingerprint density at radius 1 is 1.15 bits per heavy atom. The number of hydrogen-bond donors (Lipinski definition) is 2. The number of nitrogens with one attached hydrogen (secondary N) is 1. The van der Waals surface area contributed by atoms with Crippen molar-refractivity contribution in [3.63, 3.8) is 0 Å². The zero-order valence-corrected chi connectivity index (χ0v) is 12.4. The molecule has 4 heteroatoms. The van der Waals surface area contributed by atoms with Crippen molar-refractivity contribution in [3.8, 4) is 0 Å². The molecule has 108 valence electrons. The predicted molar refractivity (Wildman–Crippen MR) is 78.4 cm³/mol. The Hall–Kier alpha value is -2.10. The van der Waals surface area contributed by atoms with E-state index in [-0.39, 0.29) is 23.1 Å². The van der Waals surface area contributed by atoms with Crippen molar-refractivity contribution in [1.29, 1.82) is 0 Å². The van der Waals surface area contributed by atoms with Gasteiger partial charge in [-0.3, -0.25) is 4.79 Å². The first-order chi connectivity index (χ1) is 9.36. The minimum Gasteiger partial charge on any atom is -0.478 e. The van der Waals surface area contributed by atoms with E-state index in [4.69, 9.17) is 5.11 Å². The lowest BCUT2D eigenvalue weighted by atomic mass is 10.0. The monoisotopic (exact) mass is 275 g/mol. The third-order valence-corrected chi connectivity index (χ3v) is 3.42. The molecule has 2 N–H and O–H groups in total. The number of carbonyl (C=O) groups is 2. The van der Waals surface area contributed by atoms with Crippen LogP contribution in [0.25, 0.3) is 0 Å². The van der Waals surface area contributed by atoms with Crippen molar-refractivity contribution < 1.29 is 14.7 Å². The van der Waals surface area contributed by atoms with E-state index in [0.29, 0.717) is 0 Å². The number of aryl methyl sites for hydroxylation is 1. The molecule has 1 amide bonds. The first kappa shape index (κ1) is 16.0. The summed E-state index contributed by atoms with van der Waals surface area (Å²) in [6.07, 6.45) is 0.744. The highest BCUT2D eigenvalue weighted by atomic mass is 16.4. The number of aliphatic carboxylic acids is 1. The minimum atomic E-state index is -1.07. The highest BCUT2D eigenvalue weighted by Crippen LogP contribution is 2.18. The molecule has 0 radical (unpaired) electrons. The summed E-state index contributed by atoms with van der Waals surface area (Å²) in [5, 5.41) is 11.8. The molecule has 0 aliphatic carbocycles. The molecular weight excluding hydrogens is 254 g/mol. The SMILES string of the molecule is CCC(NC(=O)C(C)=C(C)C(=O)O)c1ccc(C)cc1. The van der Waals surface area contributed by atoms with Crippen LogP contribution in [-0.4, -0.2) is 17.0 Å². The normalized spacial score (nSPS) is 13.4. The maximum atomic E-state index is 12.1. The highest BCUT2D eigenvalue weighted by molar-refractivity contribution is 6.01. The second-order valence-electron chi connectivity index (χ2n) is 4.90. The molecule has 0 bridgehead atoms. The van der Waals surface area contributed by atoms with Crippen LogP contribution in [0.15, 0.2) is 35.4 Å². The van der Waals surface area contributed by atoms with Crippen molar-refractivity contribution in [1.82, 2.24) is 5.32 Å². The Balaban J connectivity index is 2.89. The van der Waals surface area contributed by atoms with Crippen LogP contribution in [0.2, 0.25) is 0 Å². The lowest BCUT2D eigenvalue weighted by Crippen LogP contribution is -2.29. The van der Waals surface area contributed by atoms with Gasteiger partial charge in [-0.05, 0) is 32.8 Å². The van der Waals surface area contributed by atoms with E-state index in [9.17, 15) is 9.59 Å². The smallest absolute Gasteiger partial charge is 0.331 e. The van der Waals surface area contributed by atoms with Gasteiger partial charge in [0.1, 0.15) is 0 Å². The molecule has 4 nitrogen and oxygen atoms in total. The van der Waals surface area contributed by atoms with Crippen molar-refractivity contribution in [2.45, 2.75) is 40.2 Å². The first-order valence-corrected chi connectivity index (χ1v) is 6.65. The van der Waals surface area contributed by atoms with Crippen molar-refractivity contribution in [2.24, 2.45) is 0 Å². The second kappa shape index (κ2) is 6.89. The molecule has 1 aromatic rings. The molecule has 1 atom stereocenters. The lowest BCUT2D eigenvalue weighted by molar-refractivity contribution is -0.133. The molecule has 1 aromatic carbocycles. The van der Waals surface area contributed by atoms with Gasteiger partial charge in [0.25, 0.3) is 0 Å². The Morgan fingerprint density at radius 2 is 1.70 bits per heavy atom. The summed E-state index contributed by atoms with van der Waals surface area (Å²) >= 11 is 0. The van der Waals surface area contributed by atoms with Crippen LogP contribution in [0.5, 0.6) is 0 Å². The van der Waals surface area contributed by atoms with Crippen molar-refractivity contribution in [3.05, 3.63) is 46.5 Å². The largest absolute Gasteiger partial charge is 0.478 e. The fourth-order valence-electron chi connectivity index (χ4n) is 1.82. The van der Waals surface area contributed by atoms with Gasteiger partial charge in [-0.1, -0.05) is 36.8 Å². The van der Waals surface area contributed by atoms with Crippen LogP contribution in [0.1, 0.15) is 44.4 Å². The van der Waals surface area contributed by atoms with Gasteiger partial charge >= 0.3 is 5.97 Å². The number of benzene rings is 1. The van der Waals surface area contributed by atoms with Crippen molar-refractivity contribution >= 4 is 11.9 Å². The van der Waals surface area contributed by atoms with Gasteiger partial charge in [0, 0.05) is 11.1 Å². The van der Waals surface area contributed by atoms with Crippen LogP contribution < -0.4 is 5.32 Å². The number of hydrogen-bond acceptors (Lipinski definition) is 2. The molecule has 0 aliphatic rings. The molecule has 0 aliphatic heterocycles. The number of carboxylic acid groups (broad SMARTS) is 1. The average molecular weight is 275 g/mol. The molecule has 0 fully saturated rings. The maximum absolute atomic E-state index is 12.1. The van der Waals surface area contributed by atoms with Crippen LogP contribution in [0.4, 0.5) is 0 Å². The summed E-state index contributed by atoms with van der Waals surface area (Å²) in [6, 6.07) is 7.84. The van der Waals surface area contributed by atoms with Gasteiger partial charge in [0.2, 0.25) is 5.91 Å². The van der Waals surface area contributed by atoms with E-state index in [1.54, 1.807) is 0 Å². The van der Waals surface area contributed by atoms with Gasteiger partial charge in [-0.2, -0.15) is 0 Å². The molecule has 20 heavy (non-hydrogen) atoms. The standard InChI is InChI=1S/C16H21NO3/c1-5-14(13-8-6-10(2)7-9-13)17-15(18)11(3)12(4)16(19)20/h6-9,14H,5H2,1-4H3,(H,17,18)(H,19,20). The molecule has 0 saturated heterocycles. The van der Waals surface area contributed by atoms with Crippen LogP contribution >= 0.6 is 0 Å². The molecule has 1 rings (SSSR count). The van der Waals surface area contributed by atoms with E-state index in [1.165, 1.54) is 13.8 Å². The van der Waals surface area contributed by atoms with E-state index < -0.39 is 5.97 Å². The Morgan fingerprint density at radius 3 is 2.15 bits per heavy atom. The quantitative estimate of drug-likeness (QED) is 0.812. The number of carbonyl (C=O) groups excluding carboxylic acids is 1.